The van der Waals surface area contributed by atoms with Gasteiger partial charge < -0.3 is 4.42 Å². The minimum absolute atomic E-state index is 0.116. The van der Waals surface area contributed by atoms with Crippen LogP contribution in [0.5, 0.6) is 0 Å². The third-order valence-electron chi connectivity index (χ3n) is 1.99. The normalized spacial score (nSPS) is 9.44. The van der Waals surface area contributed by atoms with Gasteiger partial charge in [0.05, 0.1) is 0 Å². The molecule has 100 valence electrons. The molecule has 0 aliphatic heterocycles. The van der Waals surface area contributed by atoms with Gasteiger partial charge in [-0.1, -0.05) is 20.4 Å². The molecule has 5 nitrogen and oxygen atoms in total. The number of ketones is 1. The van der Waals surface area contributed by atoms with Crippen molar-refractivity contribution in [2.75, 3.05) is 4.90 Å². The van der Waals surface area contributed by atoms with Gasteiger partial charge >= 0.3 is 6.01 Å². The zero-order valence-corrected chi connectivity index (χ0v) is 11.6. The molecule has 0 bridgehead atoms. The molecule has 1 aromatic rings. The molecule has 0 aliphatic carbocycles. The quantitative estimate of drug-likeness (QED) is 0.610. The second-order valence-corrected chi connectivity index (χ2v) is 3.58. The van der Waals surface area contributed by atoms with E-state index in [9.17, 15) is 9.59 Å². The van der Waals surface area contributed by atoms with Gasteiger partial charge in [0, 0.05) is 13.0 Å². The van der Waals surface area contributed by atoms with Crippen LogP contribution in [-0.4, -0.2) is 22.7 Å². The molecule has 0 spiro atoms. The molecule has 1 rings (SSSR count). The van der Waals surface area contributed by atoms with Gasteiger partial charge in [-0.3, -0.25) is 14.5 Å². The average molecular weight is 252 g/mol. The van der Waals surface area contributed by atoms with Crippen molar-refractivity contribution >= 4 is 17.7 Å². The first kappa shape index (κ1) is 16.1. The number of hydrogen-bond donors (Lipinski definition) is 0. The molecule has 1 amide bonds. The fraction of sp³-hybridized carbons (Fsp3) is 0.462. The van der Waals surface area contributed by atoms with Crippen LogP contribution in [-0.2, 0) is 4.79 Å². The molecule has 0 aromatic carbocycles. The highest BCUT2D eigenvalue weighted by Crippen LogP contribution is 2.17. The minimum atomic E-state index is -0.313. The minimum Gasteiger partial charge on any atom is -0.431 e. The van der Waals surface area contributed by atoms with Gasteiger partial charge in [0.2, 0.25) is 0 Å². The summed E-state index contributed by atoms with van der Waals surface area (Å²) >= 11 is 0. The molecule has 18 heavy (non-hydrogen) atoms. The van der Waals surface area contributed by atoms with Crippen LogP contribution in [0.15, 0.2) is 23.3 Å². The van der Waals surface area contributed by atoms with E-state index in [0.717, 1.165) is 0 Å². The highest BCUT2D eigenvalue weighted by Gasteiger charge is 2.22. The van der Waals surface area contributed by atoms with E-state index in [1.165, 1.54) is 24.2 Å². The zero-order chi connectivity index (χ0) is 14.3. The number of hydrogen-bond acceptors (Lipinski definition) is 4. The Balaban J connectivity index is 0.00000137. The fourth-order valence-electron chi connectivity index (χ4n) is 1.20. The van der Waals surface area contributed by atoms with Crippen molar-refractivity contribution in [3.05, 3.63) is 24.6 Å². The number of Topliss-reactive ketones (excluding diaryl/α,β-unsaturated/α-hetero) is 1. The highest BCUT2D eigenvalue weighted by molar-refractivity contribution is 6.00. The number of aromatic nitrogens is 1. The number of anilines is 1. The molecule has 0 saturated carbocycles. The largest absolute Gasteiger partial charge is 0.431 e. The maximum Gasteiger partial charge on any atom is 0.305 e. The molecule has 0 aliphatic rings. The number of nitrogens with zero attached hydrogens (tertiary/aromatic N) is 2. The molecule has 0 N–H and O–H groups in total. The summed E-state index contributed by atoms with van der Waals surface area (Å²) in [5.74, 6) is -0.517. The lowest BCUT2D eigenvalue weighted by Gasteiger charge is -2.20. The maximum atomic E-state index is 11.6. The van der Waals surface area contributed by atoms with E-state index in [0.29, 0.717) is 0 Å². The fourth-order valence-corrected chi connectivity index (χ4v) is 1.20. The molecule has 0 unspecified atom stereocenters. The Bertz CT molecular complexity index is 422. The van der Waals surface area contributed by atoms with E-state index in [1.807, 2.05) is 27.7 Å². The molecule has 0 atom stereocenters. The predicted molar refractivity (Wildman–Crippen MR) is 70.7 cm³/mol. The average Bonchev–Trinajstić information content (AvgIpc) is 2.80. The van der Waals surface area contributed by atoms with E-state index in [2.05, 4.69) is 11.6 Å². The summed E-state index contributed by atoms with van der Waals surface area (Å²) in [6.45, 7) is 12.4. The van der Waals surface area contributed by atoms with Crippen molar-refractivity contribution in [1.29, 1.82) is 0 Å². The smallest absolute Gasteiger partial charge is 0.305 e. The summed E-state index contributed by atoms with van der Waals surface area (Å²) < 4.78 is 5.10. The Morgan fingerprint density at radius 2 is 2.00 bits per heavy atom. The van der Waals surface area contributed by atoms with Crippen molar-refractivity contribution in [1.82, 2.24) is 4.98 Å². The predicted octanol–water partition coefficient (Wildman–Crippen LogP) is 2.83. The Labute approximate surface area is 107 Å². The lowest BCUT2D eigenvalue weighted by Crippen LogP contribution is -2.35. The van der Waals surface area contributed by atoms with Crippen LogP contribution in [0.4, 0.5) is 6.01 Å². The van der Waals surface area contributed by atoms with E-state index >= 15 is 0 Å². The number of carbonyl (C=O) groups is 2. The van der Waals surface area contributed by atoms with Gasteiger partial charge in [-0.15, -0.1) is 0 Å². The molecule has 5 heteroatoms. The molecular formula is C13H20N2O3. The molecule has 0 radical (unpaired) electrons. The van der Waals surface area contributed by atoms with Crippen molar-refractivity contribution in [3.63, 3.8) is 0 Å². The summed E-state index contributed by atoms with van der Waals surface area (Å²) in [6, 6.07) is -0.00550. The second-order valence-electron chi connectivity index (χ2n) is 3.58. The van der Waals surface area contributed by atoms with Gasteiger partial charge in [0.15, 0.2) is 5.78 Å². The first-order valence-corrected chi connectivity index (χ1v) is 5.89. The van der Waals surface area contributed by atoms with Crippen LogP contribution in [0, 0.1) is 0 Å². The molecule has 1 aromatic heterocycles. The van der Waals surface area contributed by atoms with E-state index < -0.39 is 0 Å². The van der Waals surface area contributed by atoms with Gasteiger partial charge in [0.25, 0.3) is 5.91 Å². The van der Waals surface area contributed by atoms with Gasteiger partial charge in [0.1, 0.15) is 12.0 Å². The maximum absolute atomic E-state index is 11.6. The summed E-state index contributed by atoms with van der Waals surface area (Å²) in [7, 11) is 0. The van der Waals surface area contributed by atoms with Gasteiger partial charge in [-0.2, -0.15) is 4.98 Å². The van der Waals surface area contributed by atoms with E-state index in [-0.39, 0.29) is 29.4 Å². The first-order valence-electron chi connectivity index (χ1n) is 5.89. The van der Waals surface area contributed by atoms with Crippen molar-refractivity contribution in [2.45, 2.75) is 40.7 Å². The monoisotopic (exact) mass is 252 g/mol. The van der Waals surface area contributed by atoms with E-state index in [4.69, 9.17) is 4.42 Å². The Hall–Kier alpha value is -1.91. The Morgan fingerprint density at radius 1 is 1.44 bits per heavy atom. The Kier molecular flexibility index (Phi) is 6.63. The first-order chi connectivity index (χ1) is 8.47. The third-order valence-corrected chi connectivity index (χ3v) is 1.99. The van der Waals surface area contributed by atoms with Gasteiger partial charge in [-0.25, -0.2) is 0 Å². The molecule has 0 saturated heterocycles. The second kappa shape index (κ2) is 7.42. The number of amides is 1. The Morgan fingerprint density at radius 3 is 2.33 bits per heavy atom. The summed E-state index contributed by atoms with van der Waals surface area (Å²) in [5, 5.41) is 0. The highest BCUT2D eigenvalue weighted by atomic mass is 16.4. The van der Waals surface area contributed by atoms with Crippen LogP contribution in [0.3, 0.4) is 0 Å². The number of carbonyl (C=O) groups excluding carboxylic acids is 2. The molecular weight excluding hydrogens is 232 g/mol. The number of rotatable bonds is 4. The zero-order valence-electron chi connectivity index (χ0n) is 11.6. The molecule has 1 heterocycles. The number of oxazole rings is 1. The van der Waals surface area contributed by atoms with Crippen molar-refractivity contribution in [3.8, 4) is 0 Å². The van der Waals surface area contributed by atoms with Crippen molar-refractivity contribution < 1.29 is 14.0 Å². The van der Waals surface area contributed by atoms with Crippen LogP contribution < -0.4 is 4.90 Å². The van der Waals surface area contributed by atoms with Crippen LogP contribution in [0.25, 0.3) is 0 Å². The van der Waals surface area contributed by atoms with E-state index in [1.54, 1.807) is 0 Å². The summed E-state index contributed by atoms with van der Waals surface area (Å²) in [4.78, 5) is 27.9. The lowest BCUT2D eigenvalue weighted by molar-refractivity contribution is -0.114. The third kappa shape index (κ3) is 3.84. The van der Waals surface area contributed by atoms with Crippen LogP contribution in [0.2, 0.25) is 0 Å². The van der Waals surface area contributed by atoms with Crippen LogP contribution >= 0.6 is 0 Å². The summed E-state index contributed by atoms with van der Waals surface area (Å²) in [6.07, 6.45) is 2.42. The summed E-state index contributed by atoms with van der Waals surface area (Å²) in [5.41, 5.74) is 0.206. The standard InChI is InChI=1S/C11H14N2O3.C2H6/c1-5-10(15)13(7(2)3)11-12-9(6-16-11)8(4)14;1-2/h5-7H,1H2,2-4H3;1-2H3. The van der Waals surface area contributed by atoms with Gasteiger partial charge in [-0.05, 0) is 19.9 Å². The topological polar surface area (TPSA) is 63.4 Å². The SMILES string of the molecule is C=CC(=O)N(c1nc(C(C)=O)co1)C(C)C.CC. The van der Waals surface area contributed by atoms with Crippen LogP contribution in [0.1, 0.15) is 45.1 Å². The lowest BCUT2D eigenvalue weighted by atomic mass is 10.3. The van der Waals surface area contributed by atoms with Crippen molar-refractivity contribution in [2.24, 2.45) is 0 Å². The molecule has 0 fully saturated rings.